The number of benzene rings is 2. The molecule has 0 saturated carbocycles. The van der Waals surface area contributed by atoms with E-state index in [1.54, 1.807) is 7.11 Å². The third-order valence-corrected chi connectivity index (χ3v) is 6.58. The third-order valence-electron chi connectivity index (χ3n) is 6.58. The van der Waals surface area contributed by atoms with E-state index in [0.717, 1.165) is 41.9 Å². The second-order valence-electron chi connectivity index (χ2n) is 9.44. The zero-order chi connectivity index (χ0) is 22.7. The number of carbonyl (C=O) groups excluding carboxylic acids is 2. The van der Waals surface area contributed by atoms with Crippen LogP contribution in [0.2, 0.25) is 0 Å². The summed E-state index contributed by atoms with van der Waals surface area (Å²) in [7, 11) is 1.64. The maximum atomic E-state index is 13.1. The van der Waals surface area contributed by atoms with Gasteiger partial charge in [-0.1, -0.05) is 38.1 Å². The quantitative estimate of drug-likeness (QED) is 0.624. The Kier molecular flexibility index (Phi) is 6.83. The molecule has 1 atom stereocenters. The summed E-state index contributed by atoms with van der Waals surface area (Å²) in [5.74, 6) is 2.34. The number of piperidine rings is 1. The molecule has 5 nitrogen and oxygen atoms in total. The molecule has 2 aromatic rings. The number of carbonyl (C=O) groups is 2. The molecule has 1 saturated heterocycles. The number of Topliss-reactive ketones (excluding diaryl/α,β-unsaturated/α-hetero) is 1. The minimum Gasteiger partial charge on any atom is -0.497 e. The molecule has 2 aromatic carbocycles. The van der Waals surface area contributed by atoms with Crippen LogP contribution in [0, 0.1) is 17.8 Å². The highest BCUT2D eigenvalue weighted by molar-refractivity contribution is 5.98. The number of nitrogens with zero attached hydrogens (tertiary/aromatic N) is 1. The van der Waals surface area contributed by atoms with Gasteiger partial charge in [-0.25, -0.2) is 0 Å². The molecular weight excluding hydrogens is 402 g/mol. The van der Waals surface area contributed by atoms with Gasteiger partial charge in [0, 0.05) is 24.6 Å². The summed E-state index contributed by atoms with van der Waals surface area (Å²) in [5, 5.41) is 0. The van der Waals surface area contributed by atoms with Crippen molar-refractivity contribution in [1.82, 2.24) is 4.90 Å². The van der Waals surface area contributed by atoms with Crippen molar-refractivity contribution in [2.75, 3.05) is 26.8 Å². The van der Waals surface area contributed by atoms with Crippen molar-refractivity contribution in [3.63, 3.8) is 0 Å². The predicted octanol–water partition coefficient (Wildman–Crippen LogP) is 4.57. The average molecular weight is 436 g/mol. The lowest BCUT2D eigenvalue weighted by atomic mass is 9.87. The Labute approximate surface area is 190 Å². The van der Waals surface area contributed by atoms with Crippen LogP contribution in [0.5, 0.6) is 11.5 Å². The standard InChI is InChI=1S/C27H33NO4/c1-18(2)14-19-4-6-20(7-5-19)26(29)21-10-12-28(13-11-21)27(30)23-15-22-16-24(31-3)8-9-25(22)32-17-23/h4-9,16,18,21,23H,10-15,17H2,1-3H3. The Morgan fingerprint density at radius 2 is 1.78 bits per heavy atom. The van der Waals surface area contributed by atoms with E-state index in [-0.39, 0.29) is 23.5 Å². The normalized spacial score (nSPS) is 18.8. The maximum Gasteiger partial charge on any atom is 0.229 e. The van der Waals surface area contributed by atoms with Gasteiger partial charge >= 0.3 is 0 Å². The third kappa shape index (κ3) is 4.98. The van der Waals surface area contributed by atoms with Crippen LogP contribution in [0.25, 0.3) is 0 Å². The molecule has 0 N–H and O–H groups in total. The number of hydrogen-bond acceptors (Lipinski definition) is 4. The van der Waals surface area contributed by atoms with Gasteiger partial charge in [0.25, 0.3) is 0 Å². The fourth-order valence-electron chi connectivity index (χ4n) is 4.79. The summed E-state index contributed by atoms with van der Waals surface area (Å²) in [6.45, 7) is 6.05. The van der Waals surface area contributed by atoms with Crippen molar-refractivity contribution >= 4 is 11.7 Å². The molecule has 2 aliphatic heterocycles. The monoisotopic (exact) mass is 435 g/mol. The van der Waals surface area contributed by atoms with E-state index in [2.05, 4.69) is 26.0 Å². The van der Waals surface area contributed by atoms with Gasteiger partial charge in [0.2, 0.25) is 5.91 Å². The van der Waals surface area contributed by atoms with E-state index in [4.69, 9.17) is 9.47 Å². The van der Waals surface area contributed by atoms with Crippen LogP contribution in [-0.4, -0.2) is 43.4 Å². The molecule has 170 valence electrons. The van der Waals surface area contributed by atoms with E-state index >= 15 is 0 Å². The van der Waals surface area contributed by atoms with Crippen molar-refractivity contribution in [3.05, 3.63) is 59.2 Å². The maximum absolute atomic E-state index is 13.1. The Morgan fingerprint density at radius 3 is 2.44 bits per heavy atom. The molecule has 1 unspecified atom stereocenters. The van der Waals surface area contributed by atoms with Crippen LogP contribution in [0.1, 0.15) is 48.2 Å². The van der Waals surface area contributed by atoms with Gasteiger partial charge in [0.05, 0.1) is 13.0 Å². The van der Waals surface area contributed by atoms with Crippen LogP contribution in [0.4, 0.5) is 0 Å². The summed E-state index contributed by atoms with van der Waals surface area (Å²) in [5.41, 5.74) is 3.07. The number of methoxy groups -OCH3 is 1. The summed E-state index contributed by atoms with van der Waals surface area (Å²) in [6.07, 6.45) is 3.12. The molecule has 0 radical (unpaired) electrons. The smallest absolute Gasteiger partial charge is 0.229 e. The Hall–Kier alpha value is -2.82. The molecule has 1 fully saturated rings. The molecular formula is C27H33NO4. The highest BCUT2D eigenvalue weighted by Gasteiger charge is 2.33. The highest BCUT2D eigenvalue weighted by atomic mass is 16.5. The molecule has 32 heavy (non-hydrogen) atoms. The molecule has 0 spiro atoms. The molecule has 5 heteroatoms. The van der Waals surface area contributed by atoms with Crippen LogP contribution in [0.15, 0.2) is 42.5 Å². The second-order valence-corrected chi connectivity index (χ2v) is 9.44. The second kappa shape index (κ2) is 9.76. The predicted molar refractivity (Wildman–Crippen MR) is 124 cm³/mol. The Balaban J connectivity index is 1.32. The molecule has 2 aliphatic rings. The number of likely N-dealkylation sites (tertiary alicyclic amines) is 1. The van der Waals surface area contributed by atoms with Crippen molar-refractivity contribution < 1.29 is 19.1 Å². The zero-order valence-electron chi connectivity index (χ0n) is 19.3. The topological polar surface area (TPSA) is 55.8 Å². The van der Waals surface area contributed by atoms with Crippen molar-refractivity contribution in [2.45, 2.75) is 39.5 Å². The summed E-state index contributed by atoms with van der Waals surface area (Å²) < 4.78 is 11.1. The number of ether oxygens (including phenoxy) is 2. The first-order valence-electron chi connectivity index (χ1n) is 11.7. The highest BCUT2D eigenvalue weighted by Crippen LogP contribution is 2.32. The molecule has 0 bridgehead atoms. The Bertz CT molecular complexity index is 958. The number of hydrogen-bond donors (Lipinski definition) is 0. The molecule has 0 aromatic heterocycles. The fraction of sp³-hybridized carbons (Fsp3) is 0.481. The van der Waals surface area contributed by atoms with E-state index in [0.29, 0.717) is 32.0 Å². The first kappa shape index (κ1) is 22.4. The minimum atomic E-state index is -0.185. The summed E-state index contributed by atoms with van der Waals surface area (Å²) in [4.78, 5) is 28.0. The largest absolute Gasteiger partial charge is 0.497 e. The molecule has 4 rings (SSSR count). The van der Waals surface area contributed by atoms with Gasteiger partial charge in [0.1, 0.15) is 18.1 Å². The number of amides is 1. The summed E-state index contributed by atoms with van der Waals surface area (Å²) in [6, 6.07) is 13.8. The molecule has 2 heterocycles. The van der Waals surface area contributed by atoms with Gasteiger partial charge < -0.3 is 14.4 Å². The molecule has 0 aliphatic carbocycles. The van der Waals surface area contributed by atoms with E-state index in [1.165, 1.54) is 5.56 Å². The van der Waals surface area contributed by atoms with Gasteiger partial charge in [-0.05, 0) is 60.9 Å². The van der Waals surface area contributed by atoms with Crippen LogP contribution < -0.4 is 9.47 Å². The van der Waals surface area contributed by atoms with Crippen LogP contribution in [0.3, 0.4) is 0 Å². The first-order valence-corrected chi connectivity index (χ1v) is 11.7. The van der Waals surface area contributed by atoms with Crippen LogP contribution >= 0.6 is 0 Å². The van der Waals surface area contributed by atoms with Crippen LogP contribution in [-0.2, 0) is 17.6 Å². The van der Waals surface area contributed by atoms with Crippen molar-refractivity contribution in [2.24, 2.45) is 17.8 Å². The van der Waals surface area contributed by atoms with Crippen molar-refractivity contribution in [1.29, 1.82) is 0 Å². The Morgan fingerprint density at radius 1 is 1.06 bits per heavy atom. The van der Waals surface area contributed by atoms with Gasteiger partial charge in [-0.3, -0.25) is 9.59 Å². The zero-order valence-corrected chi connectivity index (χ0v) is 19.3. The number of rotatable bonds is 6. The minimum absolute atomic E-state index is 0.0115. The summed E-state index contributed by atoms with van der Waals surface area (Å²) >= 11 is 0. The lowest BCUT2D eigenvalue weighted by Crippen LogP contribution is -2.45. The van der Waals surface area contributed by atoms with Gasteiger partial charge in [-0.15, -0.1) is 0 Å². The number of fused-ring (bicyclic) bond motifs is 1. The lowest BCUT2D eigenvalue weighted by molar-refractivity contribution is -0.138. The average Bonchev–Trinajstić information content (AvgIpc) is 2.82. The van der Waals surface area contributed by atoms with Gasteiger partial charge in [0.15, 0.2) is 5.78 Å². The van der Waals surface area contributed by atoms with E-state index in [9.17, 15) is 9.59 Å². The van der Waals surface area contributed by atoms with Crippen molar-refractivity contribution in [3.8, 4) is 11.5 Å². The SMILES string of the molecule is COc1ccc2c(c1)CC(C(=O)N1CCC(C(=O)c3ccc(CC(C)C)cc3)CC1)CO2. The first-order chi connectivity index (χ1) is 15.4. The number of ketones is 1. The van der Waals surface area contributed by atoms with E-state index < -0.39 is 0 Å². The lowest BCUT2D eigenvalue weighted by Gasteiger charge is -2.35. The van der Waals surface area contributed by atoms with E-state index in [1.807, 2.05) is 35.2 Å². The molecule has 1 amide bonds. The van der Waals surface area contributed by atoms with Gasteiger partial charge in [-0.2, -0.15) is 0 Å². The fourth-order valence-corrected chi connectivity index (χ4v) is 4.79.